The van der Waals surface area contributed by atoms with Crippen molar-refractivity contribution in [3.63, 3.8) is 0 Å². The molecule has 1 heterocycles. The van der Waals surface area contributed by atoms with Gasteiger partial charge < -0.3 is 10.1 Å². The number of hydrogen-bond donors (Lipinski definition) is 1. The lowest BCUT2D eigenvalue weighted by atomic mass is 10.2. The zero-order valence-electron chi connectivity index (χ0n) is 13.2. The second kappa shape index (κ2) is 7.37. The molecule has 0 spiro atoms. The van der Waals surface area contributed by atoms with Crippen molar-refractivity contribution in [2.24, 2.45) is 0 Å². The van der Waals surface area contributed by atoms with Crippen molar-refractivity contribution in [3.05, 3.63) is 51.0 Å². The highest BCUT2D eigenvalue weighted by Gasteiger charge is 2.15. The lowest BCUT2D eigenvalue weighted by Crippen LogP contribution is -2.20. The van der Waals surface area contributed by atoms with Gasteiger partial charge in [0.1, 0.15) is 10.7 Å². The van der Waals surface area contributed by atoms with Gasteiger partial charge in [-0.2, -0.15) is 0 Å². The quantitative estimate of drug-likeness (QED) is 0.844. The molecule has 0 saturated heterocycles. The van der Waals surface area contributed by atoms with Crippen LogP contribution >= 0.6 is 11.3 Å². The Kier molecular flexibility index (Phi) is 5.50. The third-order valence-corrected chi connectivity index (χ3v) is 4.47. The highest BCUT2D eigenvalue weighted by Crippen LogP contribution is 2.22. The molecule has 0 bridgehead atoms. The molecule has 1 aromatic carbocycles. The molecule has 0 aliphatic heterocycles. The first-order valence-electron chi connectivity index (χ1n) is 7.23. The monoisotopic (exact) mass is 335 g/mol. The van der Waals surface area contributed by atoms with Crippen molar-refractivity contribution in [1.82, 2.24) is 0 Å². The van der Waals surface area contributed by atoms with Crippen molar-refractivity contribution in [2.75, 3.05) is 11.9 Å². The summed E-state index contributed by atoms with van der Waals surface area (Å²) in [6.45, 7) is 5.18. The number of hydrogen-bond acceptors (Lipinski definition) is 4. The van der Waals surface area contributed by atoms with Crippen LogP contribution in [0.4, 0.5) is 10.1 Å². The Morgan fingerprint density at radius 1 is 1.26 bits per heavy atom. The van der Waals surface area contributed by atoms with Gasteiger partial charge in [0.15, 0.2) is 6.61 Å². The van der Waals surface area contributed by atoms with Gasteiger partial charge in [-0.1, -0.05) is 13.0 Å². The van der Waals surface area contributed by atoms with E-state index in [9.17, 15) is 14.0 Å². The number of rotatable bonds is 5. The van der Waals surface area contributed by atoms with Crippen LogP contribution in [0, 0.1) is 19.7 Å². The number of aryl methyl sites for hydroxylation is 3. The number of carbonyl (C=O) groups excluding carboxylic acids is 2. The highest BCUT2D eigenvalue weighted by atomic mass is 32.1. The van der Waals surface area contributed by atoms with Crippen molar-refractivity contribution in [2.45, 2.75) is 27.2 Å². The van der Waals surface area contributed by atoms with Gasteiger partial charge in [-0.15, -0.1) is 11.3 Å². The molecule has 1 aromatic heterocycles. The normalized spacial score (nSPS) is 10.4. The highest BCUT2D eigenvalue weighted by molar-refractivity contribution is 7.14. The number of thiophene rings is 1. The van der Waals surface area contributed by atoms with Crippen molar-refractivity contribution < 1.29 is 18.7 Å². The van der Waals surface area contributed by atoms with E-state index in [-0.39, 0.29) is 0 Å². The molecule has 2 aromatic rings. The van der Waals surface area contributed by atoms with E-state index in [0.29, 0.717) is 16.1 Å². The van der Waals surface area contributed by atoms with Crippen LogP contribution in [0.3, 0.4) is 0 Å². The van der Waals surface area contributed by atoms with Crippen LogP contribution in [0.25, 0.3) is 0 Å². The fraction of sp³-hybridized carbons (Fsp3) is 0.294. The van der Waals surface area contributed by atoms with E-state index >= 15 is 0 Å². The third kappa shape index (κ3) is 4.39. The molecule has 0 unspecified atom stereocenters. The molecule has 1 N–H and O–H groups in total. The lowest BCUT2D eigenvalue weighted by molar-refractivity contribution is -0.119. The van der Waals surface area contributed by atoms with Gasteiger partial charge in [-0.05, 0) is 49.6 Å². The maximum absolute atomic E-state index is 13.4. The molecular weight excluding hydrogens is 317 g/mol. The van der Waals surface area contributed by atoms with Crippen LogP contribution in [0.1, 0.15) is 32.6 Å². The predicted molar refractivity (Wildman–Crippen MR) is 88.5 cm³/mol. The minimum Gasteiger partial charge on any atom is -0.451 e. The van der Waals surface area contributed by atoms with Crippen LogP contribution in [-0.4, -0.2) is 18.5 Å². The summed E-state index contributed by atoms with van der Waals surface area (Å²) in [5.41, 5.74) is 1.92. The first-order chi connectivity index (χ1) is 10.9. The fourth-order valence-corrected chi connectivity index (χ4v) is 3.05. The summed E-state index contributed by atoms with van der Waals surface area (Å²) >= 11 is 1.35. The minimum atomic E-state index is -0.525. The van der Waals surface area contributed by atoms with Crippen LogP contribution < -0.4 is 5.32 Å². The molecule has 0 aliphatic carbocycles. The molecule has 0 aliphatic rings. The second-order valence-corrected chi connectivity index (χ2v) is 6.39. The first-order valence-corrected chi connectivity index (χ1v) is 8.04. The molecule has 122 valence electrons. The summed E-state index contributed by atoms with van der Waals surface area (Å²) in [5, 5.41) is 2.49. The largest absolute Gasteiger partial charge is 0.451 e. The van der Waals surface area contributed by atoms with Crippen LogP contribution in [0.2, 0.25) is 0 Å². The Bertz CT molecular complexity index is 739. The van der Waals surface area contributed by atoms with E-state index in [1.165, 1.54) is 17.4 Å². The van der Waals surface area contributed by atoms with Gasteiger partial charge in [-0.3, -0.25) is 4.79 Å². The lowest BCUT2D eigenvalue weighted by Gasteiger charge is -2.07. The number of esters is 1. The average molecular weight is 335 g/mol. The van der Waals surface area contributed by atoms with E-state index in [1.807, 2.05) is 13.8 Å². The van der Waals surface area contributed by atoms with Gasteiger partial charge in [0.05, 0.1) is 0 Å². The standard InChI is InChI=1S/C17H18FNO3S/c1-4-12-7-15(23-11(12)3)17(21)22-9-16(20)19-13-6-5-10(2)14(18)8-13/h5-8H,4,9H2,1-3H3,(H,19,20). The number of carbonyl (C=O) groups is 2. The Labute approximate surface area is 138 Å². The summed E-state index contributed by atoms with van der Waals surface area (Å²) < 4.78 is 18.4. The van der Waals surface area contributed by atoms with Gasteiger partial charge in [0.2, 0.25) is 0 Å². The number of ether oxygens (including phenoxy) is 1. The number of halogens is 1. The molecule has 2 rings (SSSR count). The van der Waals surface area contributed by atoms with E-state index in [4.69, 9.17) is 4.74 Å². The Hall–Kier alpha value is -2.21. The van der Waals surface area contributed by atoms with Gasteiger partial charge in [0.25, 0.3) is 5.91 Å². The Balaban J connectivity index is 1.90. The third-order valence-electron chi connectivity index (χ3n) is 3.39. The maximum Gasteiger partial charge on any atom is 0.348 e. The summed E-state index contributed by atoms with van der Waals surface area (Å²) in [6.07, 6.45) is 0.842. The molecule has 0 saturated carbocycles. The zero-order valence-corrected chi connectivity index (χ0v) is 14.1. The van der Waals surface area contributed by atoms with E-state index in [1.54, 1.807) is 25.1 Å². The number of amides is 1. The molecule has 1 amide bonds. The average Bonchev–Trinajstić information content (AvgIpc) is 2.89. The van der Waals surface area contributed by atoms with Gasteiger partial charge in [-0.25, -0.2) is 9.18 Å². The van der Waals surface area contributed by atoms with Crippen LogP contribution in [0.15, 0.2) is 24.3 Å². The van der Waals surface area contributed by atoms with Crippen molar-refractivity contribution >= 4 is 28.9 Å². The summed E-state index contributed by atoms with van der Waals surface area (Å²) in [4.78, 5) is 25.2. The predicted octanol–water partition coefficient (Wildman–Crippen LogP) is 3.86. The van der Waals surface area contributed by atoms with Crippen LogP contribution in [-0.2, 0) is 16.0 Å². The zero-order chi connectivity index (χ0) is 17.0. The molecule has 0 radical (unpaired) electrons. The molecule has 0 fully saturated rings. The number of benzene rings is 1. The Morgan fingerprint density at radius 3 is 2.61 bits per heavy atom. The maximum atomic E-state index is 13.4. The van der Waals surface area contributed by atoms with E-state index < -0.39 is 24.3 Å². The molecule has 0 atom stereocenters. The van der Waals surface area contributed by atoms with Gasteiger partial charge >= 0.3 is 5.97 Å². The molecule has 6 heteroatoms. The SMILES string of the molecule is CCc1cc(C(=O)OCC(=O)Nc2ccc(C)c(F)c2)sc1C. The van der Waals surface area contributed by atoms with Crippen molar-refractivity contribution in [1.29, 1.82) is 0 Å². The molecule has 4 nitrogen and oxygen atoms in total. The fourth-order valence-electron chi connectivity index (χ4n) is 2.04. The topological polar surface area (TPSA) is 55.4 Å². The van der Waals surface area contributed by atoms with Crippen molar-refractivity contribution in [3.8, 4) is 0 Å². The Morgan fingerprint density at radius 2 is 2.00 bits per heavy atom. The second-order valence-electron chi connectivity index (χ2n) is 5.13. The van der Waals surface area contributed by atoms with Gasteiger partial charge in [0, 0.05) is 10.6 Å². The smallest absolute Gasteiger partial charge is 0.348 e. The van der Waals surface area contributed by atoms with Crippen LogP contribution in [0.5, 0.6) is 0 Å². The summed E-state index contributed by atoms with van der Waals surface area (Å²) in [7, 11) is 0. The van der Waals surface area contributed by atoms with E-state index in [0.717, 1.165) is 16.9 Å². The minimum absolute atomic E-state index is 0.328. The summed E-state index contributed by atoms with van der Waals surface area (Å²) in [5.74, 6) is -1.44. The molecular formula is C17H18FNO3S. The number of nitrogens with one attached hydrogen (secondary N) is 1. The molecule has 23 heavy (non-hydrogen) atoms. The summed E-state index contributed by atoms with van der Waals surface area (Å²) in [6, 6.07) is 6.17. The van der Waals surface area contributed by atoms with E-state index in [2.05, 4.69) is 5.32 Å². The first kappa shape index (κ1) is 17.1. The number of anilines is 1.